The summed E-state index contributed by atoms with van der Waals surface area (Å²) in [5, 5.41) is 3.81. The Morgan fingerprint density at radius 2 is 2.29 bits per heavy atom. The molecule has 0 aliphatic heterocycles. The maximum atomic E-state index is 11.6. The Hall–Kier alpha value is -0.660. The third kappa shape index (κ3) is 4.25. The number of hydrogen-bond acceptors (Lipinski definition) is 6. The fraction of sp³-hybridized carbons (Fsp3) is 0.600. The Morgan fingerprint density at radius 3 is 2.82 bits per heavy atom. The lowest BCUT2D eigenvalue weighted by molar-refractivity contribution is -0.120. The van der Waals surface area contributed by atoms with E-state index in [0.29, 0.717) is 12.2 Å². The molecule has 1 atom stereocenters. The van der Waals surface area contributed by atoms with Crippen molar-refractivity contribution in [1.82, 2.24) is 9.88 Å². The van der Waals surface area contributed by atoms with Crippen LogP contribution in [-0.4, -0.2) is 29.1 Å². The number of rotatable bonds is 6. The first kappa shape index (κ1) is 14.4. The van der Waals surface area contributed by atoms with Crippen LogP contribution in [0.1, 0.15) is 17.9 Å². The maximum absolute atomic E-state index is 11.6. The van der Waals surface area contributed by atoms with Crippen molar-refractivity contribution in [3.8, 4) is 0 Å². The Bertz CT molecular complexity index is 362. The minimum Gasteiger partial charge on any atom is -0.360 e. The highest BCUT2D eigenvalue weighted by atomic mass is 32.2. The highest BCUT2D eigenvalue weighted by Gasteiger charge is 2.15. The molecule has 1 amide bonds. The van der Waals surface area contributed by atoms with Crippen molar-refractivity contribution in [3.05, 3.63) is 11.5 Å². The number of carbonyl (C=O) groups excluding carboxylic acids is 1. The average Bonchev–Trinajstić information content (AvgIpc) is 2.63. The lowest BCUT2D eigenvalue weighted by Gasteiger charge is -2.10. The molecule has 0 unspecified atom stereocenters. The van der Waals surface area contributed by atoms with Crippen LogP contribution in [0.5, 0.6) is 0 Å². The van der Waals surface area contributed by atoms with E-state index in [1.807, 2.05) is 20.1 Å². The van der Waals surface area contributed by atoms with Crippen LogP contribution in [-0.2, 0) is 4.79 Å². The van der Waals surface area contributed by atoms with Crippen LogP contribution in [0.2, 0.25) is 0 Å². The van der Waals surface area contributed by atoms with Crippen molar-refractivity contribution >= 4 is 29.6 Å². The summed E-state index contributed by atoms with van der Waals surface area (Å²) in [6, 6.07) is -0.463. The Balaban J connectivity index is 2.43. The van der Waals surface area contributed by atoms with Gasteiger partial charge < -0.3 is 10.3 Å². The zero-order valence-electron chi connectivity index (χ0n) is 10.1. The van der Waals surface area contributed by atoms with Crippen LogP contribution < -0.4 is 10.5 Å². The molecule has 0 spiro atoms. The normalized spacial score (nSPS) is 12.5. The van der Waals surface area contributed by atoms with Crippen molar-refractivity contribution < 1.29 is 9.32 Å². The molecule has 0 bridgehead atoms. The van der Waals surface area contributed by atoms with Gasteiger partial charge in [0.2, 0.25) is 5.91 Å². The molecule has 0 aliphatic carbocycles. The summed E-state index contributed by atoms with van der Waals surface area (Å²) in [4.78, 5) is 12.5. The first-order valence-electron chi connectivity index (χ1n) is 5.20. The van der Waals surface area contributed by atoms with E-state index in [1.54, 1.807) is 11.8 Å². The second kappa shape index (κ2) is 6.93. The van der Waals surface area contributed by atoms with Crippen molar-refractivity contribution in [1.29, 1.82) is 0 Å². The number of aromatic nitrogens is 1. The zero-order chi connectivity index (χ0) is 12.8. The Kier molecular flexibility index (Phi) is 5.87. The van der Waals surface area contributed by atoms with Gasteiger partial charge in [-0.05, 0) is 44.2 Å². The summed E-state index contributed by atoms with van der Waals surface area (Å²) in [7, 11) is 0. The minimum absolute atomic E-state index is 0.163. The summed E-state index contributed by atoms with van der Waals surface area (Å²) >= 11 is 2.88. The zero-order valence-corrected chi connectivity index (χ0v) is 11.8. The number of amides is 1. The van der Waals surface area contributed by atoms with Gasteiger partial charge in [-0.15, -0.1) is 0 Å². The van der Waals surface area contributed by atoms with E-state index in [-0.39, 0.29) is 5.91 Å². The van der Waals surface area contributed by atoms with Crippen LogP contribution >= 0.6 is 23.7 Å². The largest absolute Gasteiger partial charge is 0.360 e. The van der Waals surface area contributed by atoms with Gasteiger partial charge in [0.05, 0.1) is 16.6 Å². The van der Waals surface area contributed by atoms with Gasteiger partial charge in [-0.25, -0.2) is 0 Å². The second-order valence-electron chi connectivity index (χ2n) is 3.61. The fourth-order valence-electron chi connectivity index (χ4n) is 1.17. The quantitative estimate of drug-likeness (QED) is 0.766. The molecule has 0 aromatic carbocycles. The maximum Gasteiger partial charge on any atom is 0.247 e. The summed E-state index contributed by atoms with van der Waals surface area (Å²) in [6.45, 7) is 3.64. The van der Waals surface area contributed by atoms with Gasteiger partial charge in [0.25, 0.3) is 0 Å². The third-order valence-corrected chi connectivity index (χ3v) is 3.93. The van der Waals surface area contributed by atoms with E-state index in [1.165, 1.54) is 11.9 Å². The monoisotopic (exact) mass is 275 g/mol. The molecule has 17 heavy (non-hydrogen) atoms. The third-order valence-electron chi connectivity index (χ3n) is 2.19. The molecule has 1 rings (SSSR count). The van der Waals surface area contributed by atoms with E-state index in [4.69, 9.17) is 10.3 Å². The number of carbonyl (C=O) groups is 1. The number of hydrogen-bond donors (Lipinski definition) is 2. The predicted molar refractivity (Wildman–Crippen MR) is 71.0 cm³/mol. The number of thioether (sulfide) groups is 1. The van der Waals surface area contributed by atoms with Crippen LogP contribution in [0.4, 0.5) is 0 Å². The van der Waals surface area contributed by atoms with Gasteiger partial charge in [-0.2, -0.15) is 11.8 Å². The standard InChI is InChI=1S/C10H17N3O2S2/c1-6-9(7(2)15-12-6)17-13-10(14)8(11)4-5-16-3/h8H,4-5,11H2,1-3H3,(H,13,14)/t8-/m0/s1. The van der Waals surface area contributed by atoms with Crippen molar-refractivity contribution in [2.24, 2.45) is 5.73 Å². The molecule has 0 saturated heterocycles. The van der Waals surface area contributed by atoms with E-state index >= 15 is 0 Å². The lowest BCUT2D eigenvalue weighted by Crippen LogP contribution is -2.38. The first-order chi connectivity index (χ1) is 8.06. The molecule has 3 N–H and O–H groups in total. The van der Waals surface area contributed by atoms with Gasteiger partial charge in [-0.1, -0.05) is 5.16 Å². The molecule has 0 aliphatic rings. The highest BCUT2D eigenvalue weighted by Crippen LogP contribution is 2.23. The van der Waals surface area contributed by atoms with Gasteiger partial charge in [0.1, 0.15) is 5.76 Å². The second-order valence-corrected chi connectivity index (χ2v) is 5.41. The van der Waals surface area contributed by atoms with Crippen molar-refractivity contribution in [3.63, 3.8) is 0 Å². The van der Waals surface area contributed by atoms with E-state index in [0.717, 1.165) is 16.3 Å². The molecule has 1 heterocycles. The molecule has 5 nitrogen and oxygen atoms in total. The number of aryl methyl sites for hydroxylation is 2. The number of nitrogens with one attached hydrogen (secondary N) is 1. The summed E-state index contributed by atoms with van der Waals surface area (Å²) in [5.41, 5.74) is 6.51. The smallest absolute Gasteiger partial charge is 0.247 e. The minimum atomic E-state index is -0.463. The average molecular weight is 275 g/mol. The van der Waals surface area contributed by atoms with Gasteiger partial charge >= 0.3 is 0 Å². The first-order valence-corrected chi connectivity index (χ1v) is 7.41. The molecule has 7 heteroatoms. The summed E-state index contributed by atoms with van der Waals surface area (Å²) < 4.78 is 7.72. The summed E-state index contributed by atoms with van der Waals surface area (Å²) in [6.07, 6.45) is 2.67. The van der Waals surface area contributed by atoms with Crippen molar-refractivity contribution in [2.45, 2.75) is 31.2 Å². The van der Waals surface area contributed by atoms with Crippen LogP contribution in [0.25, 0.3) is 0 Å². The molecular weight excluding hydrogens is 258 g/mol. The van der Waals surface area contributed by atoms with Gasteiger partial charge in [0.15, 0.2) is 0 Å². The molecule has 1 aromatic heterocycles. The Morgan fingerprint density at radius 1 is 1.59 bits per heavy atom. The van der Waals surface area contributed by atoms with Crippen molar-refractivity contribution in [2.75, 3.05) is 12.0 Å². The molecule has 1 aromatic rings. The van der Waals surface area contributed by atoms with E-state index < -0.39 is 6.04 Å². The van der Waals surface area contributed by atoms with Crippen LogP contribution in [0, 0.1) is 13.8 Å². The molecule has 96 valence electrons. The summed E-state index contributed by atoms with van der Waals surface area (Å²) in [5.74, 6) is 1.42. The molecule has 0 radical (unpaired) electrons. The highest BCUT2D eigenvalue weighted by molar-refractivity contribution is 7.98. The molecular formula is C10H17N3O2S2. The lowest BCUT2D eigenvalue weighted by atomic mass is 10.2. The van der Waals surface area contributed by atoms with Gasteiger partial charge in [0, 0.05) is 0 Å². The predicted octanol–water partition coefficient (Wildman–Crippen LogP) is 1.50. The molecule has 0 saturated carbocycles. The Labute approximate surface area is 109 Å². The number of nitrogens with two attached hydrogens (primary N) is 1. The van der Waals surface area contributed by atoms with Crippen LogP contribution in [0.3, 0.4) is 0 Å². The SMILES string of the molecule is CSCC[C@H](N)C(=O)NSc1c(C)noc1C. The van der Waals surface area contributed by atoms with Crippen LogP contribution in [0.15, 0.2) is 9.42 Å². The van der Waals surface area contributed by atoms with E-state index in [2.05, 4.69) is 9.88 Å². The molecule has 0 fully saturated rings. The number of nitrogens with zero attached hydrogens (tertiary/aromatic N) is 1. The topological polar surface area (TPSA) is 81.2 Å². The van der Waals surface area contributed by atoms with Gasteiger partial charge in [-0.3, -0.25) is 9.52 Å². The fourth-order valence-corrected chi connectivity index (χ4v) is 2.38. The van der Waals surface area contributed by atoms with E-state index in [9.17, 15) is 4.79 Å².